The number of thioether (sulfide) groups is 1. The number of hydrogen-bond acceptors (Lipinski definition) is 4. The van der Waals surface area contributed by atoms with Gasteiger partial charge in [-0.25, -0.2) is 0 Å². The van der Waals surface area contributed by atoms with Crippen LogP contribution in [0.4, 0.5) is 0 Å². The Kier molecular flexibility index (Phi) is 6.01. The lowest BCUT2D eigenvalue weighted by atomic mass is 10.2. The summed E-state index contributed by atoms with van der Waals surface area (Å²) in [5.74, 6) is 1.90. The van der Waals surface area contributed by atoms with E-state index in [4.69, 9.17) is 0 Å². The molecule has 7 heteroatoms. The highest BCUT2D eigenvalue weighted by Crippen LogP contribution is 2.40. The Morgan fingerprint density at radius 3 is 2.57 bits per heavy atom. The molecular weight excluding hydrogens is 370 g/mol. The van der Waals surface area contributed by atoms with Crippen molar-refractivity contribution < 1.29 is 9.69 Å². The molecule has 150 valence electrons. The summed E-state index contributed by atoms with van der Waals surface area (Å²) in [7, 11) is 0. The van der Waals surface area contributed by atoms with Crippen molar-refractivity contribution in [1.82, 2.24) is 19.7 Å². The van der Waals surface area contributed by atoms with Gasteiger partial charge in [0.05, 0.1) is 31.4 Å². The summed E-state index contributed by atoms with van der Waals surface area (Å²) in [6.45, 7) is 9.71. The van der Waals surface area contributed by atoms with E-state index in [0.29, 0.717) is 5.92 Å². The molecular formula is C21H30N5OS+. The van der Waals surface area contributed by atoms with E-state index in [1.807, 2.05) is 11.8 Å². The number of hydrogen-bond donors (Lipinski definition) is 1. The largest absolute Gasteiger partial charge is 0.330 e. The van der Waals surface area contributed by atoms with Gasteiger partial charge in [0.25, 0.3) is 0 Å². The highest BCUT2D eigenvalue weighted by atomic mass is 32.2. The van der Waals surface area contributed by atoms with E-state index >= 15 is 0 Å². The van der Waals surface area contributed by atoms with Crippen LogP contribution in [0, 0.1) is 0 Å². The van der Waals surface area contributed by atoms with Crippen LogP contribution >= 0.6 is 11.8 Å². The Morgan fingerprint density at radius 2 is 1.93 bits per heavy atom. The highest BCUT2D eigenvalue weighted by molar-refractivity contribution is 8.00. The molecule has 1 saturated heterocycles. The highest BCUT2D eigenvalue weighted by Gasteiger charge is 2.32. The number of nitrogens with one attached hydrogen (secondary N) is 1. The molecule has 0 unspecified atom stereocenters. The number of amides is 1. The van der Waals surface area contributed by atoms with Crippen LogP contribution in [0.25, 0.3) is 0 Å². The zero-order valence-corrected chi connectivity index (χ0v) is 17.6. The summed E-state index contributed by atoms with van der Waals surface area (Å²) >= 11 is 1.56. The first-order chi connectivity index (χ1) is 13.7. The quantitative estimate of drug-likeness (QED) is 0.717. The van der Waals surface area contributed by atoms with Gasteiger partial charge in [-0.3, -0.25) is 4.79 Å². The van der Waals surface area contributed by atoms with Crippen molar-refractivity contribution in [3.63, 3.8) is 0 Å². The van der Waals surface area contributed by atoms with Crippen LogP contribution in [0.2, 0.25) is 0 Å². The topological polar surface area (TPSA) is 55.5 Å². The molecule has 1 saturated carbocycles. The van der Waals surface area contributed by atoms with Gasteiger partial charge >= 0.3 is 0 Å². The van der Waals surface area contributed by atoms with Gasteiger partial charge < -0.3 is 14.4 Å². The molecule has 2 aliphatic rings. The zero-order chi connectivity index (χ0) is 19.5. The first-order valence-electron chi connectivity index (χ1n) is 10.4. The molecule has 28 heavy (non-hydrogen) atoms. The number of benzene rings is 1. The molecule has 1 aromatic heterocycles. The van der Waals surface area contributed by atoms with Crippen LogP contribution in [-0.4, -0.2) is 57.0 Å². The molecule has 1 atom stereocenters. The second kappa shape index (κ2) is 8.66. The Labute approximate surface area is 171 Å². The monoisotopic (exact) mass is 400 g/mol. The number of aromatic nitrogens is 3. The zero-order valence-electron chi connectivity index (χ0n) is 16.8. The Hall–Kier alpha value is -1.86. The normalized spacial score (nSPS) is 19.0. The summed E-state index contributed by atoms with van der Waals surface area (Å²) in [5, 5.41) is 9.52. The molecule has 1 N–H and O–H groups in total. The van der Waals surface area contributed by atoms with Gasteiger partial charge in [0.2, 0.25) is 5.91 Å². The van der Waals surface area contributed by atoms with Crippen molar-refractivity contribution >= 4 is 17.7 Å². The van der Waals surface area contributed by atoms with E-state index in [9.17, 15) is 4.79 Å². The summed E-state index contributed by atoms with van der Waals surface area (Å²) in [5.41, 5.74) is 1.37. The SMILES string of the molecule is CCn1c(S[C@H](C)C(=O)N2CC[NH+](Cc3ccccc3)CC2)nnc1C1CC1. The van der Waals surface area contributed by atoms with Crippen LogP contribution < -0.4 is 4.90 Å². The van der Waals surface area contributed by atoms with Crippen molar-refractivity contribution in [2.24, 2.45) is 0 Å². The van der Waals surface area contributed by atoms with Crippen molar-refractivity contribution in [1.29, 1.82) is 0 Å². The van der Waals surface area contributed by atoms with E-state index in [2.05, 4.69) is 52.0 Å². The fraction of sp³-hybridized carbons (Fsp3) is 0.571. The first kappa shape index (κ1) is 19.5. The smallest absolute Gasteiger partial charge is 0.236 e. The second-order valence-electron chi connectivity index (χ2n) is 7.86. The summed E-state index contributed by atoms with van der Waals surface area (Å²) < 4.78 is 2.19. The fourth-order valence-corrected chi connectivity index (χ4v) is 4.90. The molecule has 0 radical (unpaired) electrons. The number of quaternary nitrogens is 1. The first-order valence-corrected chi connectivity index (χ1v) is 11.3. The van der Waals surface area contributed by atoms with Gasteiger partial charge in [-0.05, 0) is 26.7 Å². The van der Waals surface area contributed by atoms with Crippen LogP contribution in [0.15, 0.2) is 35.5 Å². The van der Waals surface area contributed by atoms with Crippen molar-refractivity contribution in [3.05, 3.63) is 41.7 Å². The predicted molar refractivity (Wildman–Crippen MR) is 110 cm³/mol. The van der Waals surface area contributed by atoms with Crippen molar-refractivity contribution in [3.8, 4) is 0 Å². The average Bonchev–Trinajstić information content (AvgIpc) is 3.49. The molecule has 1 amide bonds. The molecule has 1 aliphatic heterocycles. The molecule has 1 aliphatic carbocycles. The molecule has 6 nitrogen and oxygen atoms in total. The molecule has 4 rings (SSSR count). The number of piperazine rings is 1. The van der Waals surface area contributed by atoms with Gasteiger partial charge in [-0.2, -0.15) is 0 Å². The predicted octanol–water partition coefficient (Wildman–Crippen LogP) is 1.58. The van der Waals surface area contributed by atoms with Gasteiger partial charge in [-0.1, -0.05) is 42.1 Å². The van der Waals surface area contributed by atoms with Crippen LogP contribution in [-0.2, 0) is 17.9 Å². The Balaban J connectivity index is 1.30. The maximum Gasteiger partial charge on any atom is 0.236 e. The van der Waals surface area contributed by atoms with Gasteiger partial charge in [0, 0.05) is 18.0 Å². The third-order valence-corrected chi connectivity index (χ3v) is 6.78. The average molecular weight is 401 g/mol. The van der Waals surface area contributed by atoms with E-state index in [-0.39, 0.29) is 11.2 Å². The maximum atomic E-state index is 13.0. The Morgan fingerprint density at radius 1 is 1.21 bits per heavy atom. The lowest BCUT2D eigenvalue weighted by molar-refractivity contribution is -0.917. The second-order valence-corrected chi connectivity index (χ2v) is 9.17. The third kappa shape index (κ3) is 4.41. The number of carbonyl (C=O) groups is 1. The van der Waals surface area contributed by atoms with E-state index in [1.165, 1.54) is 18.4 Å². The number of nitrogens with zero attached hydrogens (tertiary/aromatic N) is 4. The molecule has 2 aromatic rings. The van der Waals surface area contributed by atoms with Crippen LogP contribution in [0.3, 0.4) is 0 Å². The van der Waals surface area contributed by atoms with E-state index in [0.717, 1.165) is 50.2 Å². The standard InChI is InChI=1S/C21H29N5OS/c1-3-26-19(18-9-10-18)22-23-21(26)28-16(2)20(27)25-13-11-24(12-14-25)15-17-7-5-4-6-8-17/h4-8,16,18H,3,9-15H2,1-2H3/p+1/t16-/m1/s1. The third-order valence-electron chi connectivity index (χ3n) is 5.71. The van der Waals surface area contributed by atoms with Crippen LogP contribution in [0.5, 0.6) is 0 Å². The van der Waals surface area contributed by atoms with Gasteiger partial charge in [-0.15, -0.1) is 10.2 Å². The minimum Gasteiger partial charge on any atom is -0.330 e. The summed E-state index contributed by atoms with van der Waals surface area (Å²) in [4.78, 5) is 16.5. The molecule has 0 spiro atoms. The van der Waals surface area contributed by atoms with Gasteiger partial charge in [0.15, 0.2) is 5.16 Å². The summed E-state index contributed by atoms with van der Waals surface area (Å²) in [6, 6.07) is 10.6. The van der Waals surface area contributed by atoms with Crippen molar-refractivity contribution in [2.45, 2.75) is 56.1 Å². The molecule has 0 bridgehead atoms. The van der Waals surface area contributed by atoms with E-state index in [1.54, 1.807) is 16.7 Å². The Bertz CT molecular complexity index is 796. The van der Waals surface area contributed by atoms with Crippen molar-refractivity contribution in [2.75, 3.05) is 26.2 Å². The molecule has 2 heterocycles. The number of carbonyl (C=O) groups excluding carboxylic acids is 1. The van der Waals surface area contributed by atoms with Gasteiger partial charge in [0.1, 0.15) is 12.4 Å². The van der Waals surface area contributed by atoms with Crippen LogP contribution in [0.1, 0.15) is 44.0 Å². The lowest BCUT2D eigenvalue weighted by Crippen LogP contribution is -3.13. The fourth-order valence-electron chi connectivity index (χ4n) is 3.90. The maximum absolute atomic E-state index is 13.0. The number of rotatable bonds is 7. The minimum atomic E-state index is -0.128. The van der Waals surface area contributed by atoms with E-state index < -0.39 is 0 Å². The molecule has 2 fully saturated rings. The lowest BCUT2D eigenvalue weighted by Gasteiger charge is -2.33. The molecule has 1 aromatic carbocycles. The summed E-state index contributed by atoms with van der Waals surface area (Å²) in [6.07, 6.45) is 2.43. The minimum absolute atomic E-state index is 0.128.